The molecule has 2 N–H and O–H groups in total. The Kier molecular flexibility index (Phi) is 3.04. The molecule has 0 amide bonds. The fourth-order valence-electron chi connectivity index (χ4n) is 3.89. The third kappa shape index (κ3) is 2.04. The van der Waals surface area contributed by atoms with Gasteiger partial charge in [0.05, 0.1) is 5.56 Å². The molecule has 114 valence electrons. The summed E-state index contributed by atoms with van der Waals surface area (Å²) in [5, 5.41) is 14.5. The van der Waals surface area contributed by atoms with Crippen LogP contribution < -0.4 is 10.2 Å². The van der Waals surface area contributed by atoms with Gasteiger partial charge in [0, 0.05) is 42.0 Å². The third-order valence-corrected chi connectivity index (χ3v) is 5.09. The lowest BCUT2D eigenvalue weighted by atomic mass is 9.86. The van der Waals surface area contributed by atoms with Gasteiger partial charge in [-0.15, -0.1) is 0 Å². The van der Waals surface area contributed by atoms with Gasteiger partial charge < -0.3 is 15.3 Å². The molecular formula is C17H19N3O2. The van der Waals surface area contributed by atoms with Gasteiger partial charge in [-0.2, -0.15) is 0 Å². The molecule has 2 aliphatic rings. The summed E-state index contributed by atoms with van der Waals surface area (Å²) in [7, 11) is 0. The Hall–Kier alpha value is -2.14. The molecule has 2 fully saturated rings. The summed E-state index contributed by atoms with van der Waals surface area (Å²) in [5.74, 6) is 0.0324. The van der Waals surface area contributed by atoms with Crippen molar-refractivity contribution in [2.75, 3.05) is 31.1 Å². The van der Waals surface area contributed by atoms with E-state index in [0.29, 0.717) is 11.0 Å². The van der Waals surface area contributed by atoms with Crippen LogP contribution >= 0.6 is 0 Å². The minimum atomic E-state index is -0.888. The lowest BCUT2D eigenvalue weighted by Gasteiger charge is -2.24. The highest BCUT2D eigenvalue weighted by atomic mass is 16.4. The lowest BCUT2D eigenvalue weighted by Crippen LogP contribution is -2.29. The number of pyridine rings is 1. The van der Waals surface area contributed by atoms with Gasteiger partial charge in [0.1, 0.15) is 5.82 Å². The van der Waals surface area contributed by atoms with E-state index in [4.69, 9.17) is 0 Å². The van der Waals surface area contributed by atoms with Crippen LogP contribution in [-0.2, 0) is 0 Å². The second-order valence-electron chi connectivity index (χ2n) is 6.44. The third-order valence-electron chi connectivity index (χ3n) is 5.09. The molecular weight excluding hydrogens is 278 g/mol. The summed E-state index contributed by atoms with van der Waals surface area (Å²) in [4.78, 5) is 18.3. The minimum Gasteiger partial charge on any atom is -0.478 e. The van der Waals surface area contributed by atoms with Gasteiger partial charge in [-0.05, 0) is 31.5 Å². The van der Waals surface area contributed by atoms with Crippen LogP contribution in [0.2, 0.25) is 0 Å². The highest BCUT2D eigenvalue weighted by Gasteiger charge is 2.41. The summed E-state index contributed by atoms with van der Waals surface area (Å²) in [6.07, 6.45) is 4.12. The number of hydrogen-bond acceptors (Lipinski definition) is 4. The number of aromatic carboxylic acids is 1. The average Bonchev–Trinajstić information content (AvgIpc) is 3.16. The molecule has 2 saturated heterocycles. The highest BCUT2D eigenvalue weighted by molar-refractivity contribution is 6.06. The normalized spacial score (nSPS) is 24.5. The molecule has 2 aliphatic heterocycles. The minimum absolute atomic E-state index is 0.345. The smallest absolute Gasteiger partial charge is 0.336 e. The van der Waals surface area contributed by atoms with E-state index in [1.54, 1.807) is 24.4 Å². The summed E-state index contributed by atoms with van der Waals surface area (Å²) in [6, 6.07) is 7.23. The molecule has 4 rings (SSSR count). The second kappa shape index (κ2) is 4.95. The first kappa shape index (κ1) is 13.5. The Balaban J connectivity index is 1.76. The fraction of sp³-hybridized carbons (Fsp3) is 0.412. The molecule has 3 heterocycles. The highest BCUT2D eigenvalue weighted by Crippen LogP contribution is 2.39. The molecule has 22 heavy (non-hydrogen) atoms. The number of carboxylic acids is 1. The molecule has 0 saturated carbocycles. The van der Waals surface area contributed by atoms with Crippen molar-refractivity contribution in [3.63, 3.8) is 0 Å². The number of hydrogen-bond donors (Lipinski definition) is 2. The summed E-state index contributed by atoms with van der Waals surface area (Å²) in [5.41, 5.74) is 0.714. The molecule has 2 aromatic rings. The Morgan fingerprint density at radius 3 is 2.95 bits per heavy atom. The predicted molar refractivity (Wildman–Crippen MR) is 85.5 cm³/mol. The van der Waals surface area contributed by atoms with Gasteiger partial charge in [-0.1, -0.05) is 12.1 Å². The van der Waals surface area contributed by atoms with Crippen LogP contribution in [0.1, 0.15) is 23.2 Å². The van der Waals surface area contributed by atoms with E-state index in [1.807, 2.05) is 6.07 Å². The molecule has 1 spiro atoms. The zero-order valence-electron chi connectivity index (χ0n) is 12.4. The van der Waals surface area contributed by atoms with E-state index in [-0.39, 0.29) is 0 Å². The van der Waals surface area contributed by atoms with Crippen LogP contribution in [0.25, 0.3) is 10.8 Å². The summed E-state index contributed by atoms with van der Waals surface area (Å²) >= 11 is 0. The monoisotopic (exact) mass is 297 g/mol. The average molecular weight is 297 g/mol. The van der Waals surface area contributed by atoms with Crippen molar-refractivity contribution in [2.45, 2.75) is 12.8 Å². The van der Waals surface area contributed by atoms with Crippen LogP contribution in [0, 0.1) is 5.41 Å². The molecule has 1 aromatic carbocycles. The molecule has 5 heteroatoms. The molecule has 1 atom stereocenters. The van der Waals surface area contributed by atoms with Gasteiger partial charge in [0.2, 0.25) is 0 Å². The summed E-state index contributed by atoms with van der Waals surface area (Å²) < 4.78 is 0. The number of carboxylic acid groups (broad SMARTS) is 1. The molecule has 0 bridgehead atoms. The Bertz CT molecular complexity index is 738. The van der Waals surface area contributed by atoms with E-state index in [0.717, 1.165) is 42.8 Å². The summed E-state index contributed by atoms with van der Waals surface area (Å²) in [6.45, 7) is 4.17. The maximum absolute atomic E-state index is 11.4. The van der Waals surface area contributed by atoms with Crippen molar-refractivity contribution in [3.8, 4) is 0 Å². The van der Waals surface area contributed by atoms with Crippen LogP contribution in [0.5, 0.6) is 0 Å². The SMILES string of the molecule is O=C(O)c1cccc2c(N3CCC4(CCNC4)C3)nccc12. The second-order valence-corrected chi connectivity index (χ2v) is 6.44. The zero-order valence-corrected chi connectivity index (χ0v) is 12.4. The standard InChI is InChI=1S/C17H19N3O2/c21-16(22)14-3-1-2-13-12(14)4-7-19-15(13)20-9-6-17(11-20)5-8-18-10-17/h1-4,7,18H,5-6,8-11H2,(H,21,22). The van der Waals surface area contributed by atoms with Crippen molar-refractivity contribution in [1.82, 2.24) is 10.3 Å². The first-order valence-electron chi connectivity index (χ1n) is 7.75. The topological polar surface area (TPSA) is 65.5 Å². The quantitative estimate of drug-likeness (QED) is 0.889. The number of fused-ring (bicyclic) bond motifs is 1. The van der Waals surface area contributed by atoms with Gasteiger partial charge in [0.15, 0.2) is 0 Å². The molecule has 0 aliphatic carbocycles. The van der Waals surface area contributed by atoms with Gasteiger partial charge >= 0.3 is 5.97 Å². The van der Waals surface area contributed by atoms with Crippen LogP contribution in [-0.4, -0.2) is 42.2 Å². The number of rotatable bonds is 2. The molecule has 5 nitrogen and oxygen atoms in total. The van der Waals surface area contributed by atoms with E-state index >= 15 is 0 Å². The van der Waals surface area contributed by atoms with Crippen molar-refractivity contribution >= 4 is 22.6 Å². The number of nitrogens with one attached hydrogen (secondary N) is 1. The van der Waals surface area contributed by atoms with Gasteiger partial charge in [-0.3, -0.25) is 0 Å². The maximum atomic E-state index is 11.4. The van der Waals surface area contributed by atoms with Gasteiger partial charge in [0.25, 0.3) is 0 Å². The van der Waals surface area contributed by atoms with Crippen LogP contribution in [0.3, 0.4) is 0 Å². The first-order chi connectivity index (χ1) is 10.7. The van der Waals surface area contributed by atoms with Crippen LogP contribution in [0.4, 0.5) is 5.82 Å². The predicted octanol–water partition coefficient (Wildman–Crippen LogP) is 2.12. The Labute approximate surface area is 129 Å². The van der Waals surface area contributed by atoms with Crippen molar-refractivity contribution in [2.24, 2.45) is 5.41 Å². The van der Waals surface area contributed by atoms with Crippen molar-refractivity contribution in [1.29, 1.82) is 0 Å². The van der Waals surface area contributed by atoms with Gasteiger partial charge in [-0.25, -0.2) is 9.78 Å². The lowest BCUT2D eigenvalue weighted by molar-refractivity contribution is 0.0699. The Morgan fingerprint density at radius 1 is 1.27 bits per heavy atom. The number of carbonyl (C=O) groups is 1. The fourth-order valence-corrected chi connectivity index (χ4v) is 3.89. The van der Waals surface area contributed by atoms with Crippen molar-refractivity contribution < 1.29 is 9.90 Å². The van der Waals surface area contributed by atoms with Crippen LogP contribution in [0.15, 0.2) is 30.5 Å². The number of nitrogens with zero attached hydrogens (tertiary/aromatic N) is 2. The maximum Gasteiger partial charge on any atom is 0.336 e. The number of anilines is 1. The van der Waals surface area contributed by atoms with E-state index in [2.05, 4.69) is 15.2 Å². The van der Waals surface area contributed by atoms with E-state index in [1.165, 1.54) is 12.8 Å². The van der Waals surface area contributed by atoms with Crippen molar-refractivity contribution in [3.05, 3.63) is 36.0 Å². The van der Waals surface area contributed by atoms with E-state index < -0.39 is 5.97 Å². The van der Waals surface area contributed by atoms with E-state index in [9.17, 15) is 9.90 Å². The molecule has 1 aromatic heterocycles. The zero-order chi connectivity index (χ0) is 15.2. The Morgan fingerprint density at radius 2 is 2.18 bits per heavy atom. The molecule has 0 radical (unpaired) electrons. The first-order valence-corrected chi connectivity index (χ1v) is 7.75. The number of benzene rings is 1. The number of aromatic nitrogens is 1. The molecule has 1 unspecified atom stereocenters. The largest absolute Gasteiger partial charge is 0.478 e.